The number of thioether (sulfide) groups is 1. The van der Waals surface area contributed by atoms with Gasteiger partial charge in [-0.1, -0.05) is 19.4 Å². The van der Waals surface area contributed by atoms with Gasteiger partial charge in [-0.2, -0.15) is 5.26 Å². The van der Waals surface area contributed by atoms with Gasteiger partial charge in [-0.05, 0) is 37.1 Å². The summed E-state index contributed by atoms with van der Waals surface area (Å²) < 4.78 is 0. The lowest BCUT2D eigenvalue weighted by Crippen LogP contribution is -2.47. The van der Waals surface area contributed by atoms with Crippen molar-refractivity contribution in [1.29, 1.82) is 5.26 Å². The molecule has 108 valence electrons. The lowest BCUT2D eigenvalue weighted by atomic mass is 9.88. The molecule has 0 radical (unpaired) electrons. The molecular weight excluding hydrogens is 266 g/mol. The van der Waals surface area contributed by atoms with E-state index in [1.54, 1.807) is 11.8 Å². The van der Waals surface area contributed by atoms with Crippen LogP contribution in [-0.4, -0.2) is 25.4 Å². The van der Waals surface area contributed by atoms with Crippen LogP contribution in [0.4, 0.5) is 5.69 Å². The monoisotopic (exact) mass is 289 g/mol. The van der Waals surface area contributed by atoms with Crippen LogP contribution in [0, 0.1) is 17.2 Å². The number of benzene rings is 1. The third-order valence-electron chi connectivity index (χ3n) is 4.32. The first-order valence-corrected chi connectivity index (χ1v) is 8.51. The first kappa shape index (κ1) is 15.2. The molecule has 0 saturated carbocycles. The van der Waals surface area contributed by atoms with Crippen molar-refractivity contribution in [3.63, 3.8) is 0 Å². The van der Waals surface area contributed by atoms with Gasteiger partial charge in [-0.15, -0.1) is 11.8 Å². The molecule has 2 unspecified atom stereocenters. The molecule has 1 aromatic carbocycles. The van der Waals surface area contributed by atoms with E-state index in [1.165, 1.54) is 12.8 Å². The second-order valence-corrected chi connectivity index (χ2v) is 6.20. The lowest BCUT2D eigenvalue weighted by molar-refractivity contribution is 0.335. The molecule has 0 bridgehead atoms. The number of nitrogens with two attached hydrogens (primary N) is 1. The Kier molecular flexibility index (Phi) is 5.33. The third kappa shape index (κ3) is 2.94. The molecular formula is C16H23N3S. The first-order valence-electron chi connectivity index (χ1n) is 7.28. The molecule has 4 heteroatoms. The Morgan fingerprint density at radius 2 is 2.30 bits per heavy atom. The number of piperidine rings is 1. The van der Waals surface area contributed by atoms with E-state index in [9.17, 15) is 5.26 Å². The second kappa shape index (κ2) is 7.01. The number of nitrogens with zero attached hydrogens (tertiary/aromatic N) is 2. The number of rotatable bonds is 4. The average Bonchev–Trinajstić information content (AvgIpc) is 2.53. The van der Waals surface area contributed by atoms with E-state index in [0.29, 0.717) is 12.6 Å². The molecule has 1 fully saturated rings. The van der Waals surface area contributed by atoms with Crippen LogP contribution in [-0.2, 0) is 0 Å². The summed E-state index contributed by atoms with van der Waals surface area (Å²) in [6.45, 7) is 3.92. The van der Waals surface area contributed by atoms with Crippen molar-refractivity contribution in [3.8, 4) is 6.07 Å². The molecule has 2 atom stereocenters. The summed E-state index contributed by atoms with van der Waals surface area (Å²) in [5, 5.41) is 9.50. The molecule has 0 spiro atoms. The number of hydrogen-bond acceptors (Lipinski definition) is 4. The number of anilines is 1. The van der Waals surface area contributed by atoms with Gasteiger partial charge < -0.3 is 10.6 Å². The zero-order valence-corrected chi connectivity index (χ0v) is 13.1. The van der Waals surface area contributed by atoms with Crippen molar-refractivity contribution in [3.05, 3.63) is 23.8 Å². The Morgan fingerprint density at radius 3 is 2.90 bits per heavy atom. The third-order valence-corrected chi connectivity index (χ3v) is 5.10. The summed E-state index contributed by atoms with van der Waals surface area (Å²) in [6.07, 6.45) is 5.58. The molecule has 1 aliphatic rings. The molecule has 1 aromatic rings. The minimum absolute atomic E-state index is 0.359. The van der Waals surface area contributed by atoms with Crippen LogP contribution >= 0.6 is 11.8 Å². The predicted octanol–water partition coefficient (Wildman–Crippen LogP) is 3.23. The fourth-order valence-electron chi connectivity index (χ4n) is 3.09. The maximum atomic E-state index is 9.50. The Hall–Kier alpha value is -1.18. The smallest absolute Gasteiger partial charge is 0.103 e. The summed E-state index contributed by atoms with van der Waals surface area (Å²) in [5.74, 6) is 0.772. The van der Waals surface area contributed by atoms with Crippen LogP contribution in [0.1, 0.15) is 31.7 Å². The van der Waals surface area contributed by atoms with Crippen molar-refractivity contribution in [1.82, 2.24) is 0 Å². The van der Waals surface area contributed by atoms with Gasteiger partial charge in [0.15, 0.2) is 0 Å². The molecule has 2 rings (SSSR count). The minimum atomic E-state index is 0.359. The molecule has 1 saturated heterocycles. The van der Waals surface area contributed by atoms with Gasteiger partial charge in [-0.3, -0.25) is 0 Å². The fraction of sp³-hybridized carbons (Fsp3) is 0.562. The fourth-order valence-corrected chi connectivity index (χ4v) is 3.66. The van der Waals surface area contributed by atoms with Crippen molar-refractivity contribution in [2.75, 3.05) is 24.2 Å². The van der Waals surface area contributed by atoms with Crippen LogP contribution in [0.15, 0.2) is 23.1 Å². The van der Waals surface area contributed by atoms with Crippen molar-refractivity contribution >= 4 is 17.4 Å². The Bertz CT molecular complexity index is 495. The molecule has 0 amide bonds. The average molecular weight is 289 g/mol. The van der Waals surface area contributed by atoms with Gasteiger partial charge in [0.05, 0.1) is 11.3 Å². The zero-order valence-electron chi connectivity index (χ0n) is 12.3. The maximum Gasteiger partial charge on any atom is 0.103 e. The highest BCUT2D eigenvalue weighted by molar-refractivity contribution is 7.98. The van der Waals surface area contributed by atoms with Crippen molar-refractivity contribution in [2.24, 2.45) is 11.7 Å². The van der Waals surface area contributed by atoms with Gasteiger partial charge in [0.2, 0.25) is 0 Å². The van der Waals surface area contributed by atoms with E-state index in [2.05, 4.69) is 24.0 Å². The van der Waals surface area contributed by atoms with Crippen molar-refractivity contribution in [2.45, 2.75) is 37.1 Å². The van der Waals surface area contributed by atoms with E-state index < -0.39 is 0 Å². The molecule has 2 N–H and O–H groups in total. The first-order chi connectivity index (χ1) is 9.74. The topological polar surface area (TPSA) is 53.0 Å². The molecule has 1 heterocycles. The summed E-state index contributed by atoms with van der Waals surface area (Å²) in [6, 6.07) is 8.86. The van der Waals surface area contributed by atoms with Gasteiger partial charge in [0.1, 0.15) is 6.07 Å². The Morgan fingerprint density at radius 1 is 1.50 bits per heavy atom. The molecule has 0 aromatic heterocycles. The highest BCUT2D eigenvalue weighted by Gasteiger charge is 2.28. The Labute approximate surface area is 126 Å². The molecule has 0 aliphatic carbocycles. The second-order valence-electron chi connectivity index (χ2n) is 5.35. The summed E-state index contributed by atoms with van der Waals surface area (Å²) in [4.78, 5) is 3.41. The number of hydrogen-bond donors (Lipinski definition) is 1. The lowest BCUT2D eigenvalue weighted by Gasteiger charge is -2.41. The maximum absolute atomic E-state index is 9.50. The van der Waals surface area contributed by atoms with Crippen LogP contribution in [0.3, 0.4) is 0 Å². The summed E-state index contributed by atoms with van der Waals surface area (Å²) in [7, 11) is 0. The van der Waals surface area contributed by atoms with Crippen LogP contribution in [0.25, 0.3) is 0 Å². The summed E-state index contributed by atoms with van der Waals surface area (Å²) in [5.41, 5.74) is 7.84. The highest BCUT2D eigenvalue weighted by atomic mass is 32.2. The van der Waals surface area contributed by atoms with Gasteiger partial charge in [0, 0.05) is 24.0 Å². The van der Waals surface area contributed by atoms with Gasteiger partial charge in [-0.25, -0.2) is 0 Å². The Balaban J connectivity index is 2.33. The highest BCUT2D eigenvalue weighted by Crippen LogP contribution is 2.34. The summed E-state index contributed by atoms with van der Waals surface area (Å²) >= 11 is 1.63. The van der Waals surface area contributed by atoms with Crippen LogP contribution in [0.2, 0.25) is 0 Å². The van der Waals surface area contributed by atoms with E-state index >= 15 is 0 Å². The standard InChI is InChI=1S/C16H23N3S/c1-3-12-7-8-19(13(9-12)10-17)15-5-4-6-16(20-2)14(15)11-18/h4-6,12-13H,3,7-10,17H2,1-2H3. The van der Waals surface area contributed by atoms with E-state index in [4.69, 9.17) is 5.73 Å². The molecule has 20 heavy (non-hydrogen) atoms. The SMILES string of the molecule is CCC1CCN(c2cccc(SC)c2C#N)C(CN)C1. The van der Waals surface area contributed by atoms with Crippen LogP contribution in [0.5, 0.6) is 0 Å². The van der Waals surface area contributed by atoms with Crippen LogP contribution < -0.4 is 10.6 Å². The largest absolute Gasteiger partial charge is 0.366 e. The minimum Gasteiger partial charge on any atom is -0.366 e. The quantitative estimate of drug-likeness (QED) is 0.865. The molecule has 1 aliphatic heterocycles. The van der Waals surface area contributed by atoms with Crippen molar-refractivity contribution < 1.29 is 0 Å². The zero-order chi connectivity index (χ0) is 14.5. The van der Waals surface area contributed by atoms with Gasteiger partial charge in [0.25, 0.3) is 0 Å². The van der Waals surface area contributed by atoms with Gasteiger partial charge >= 0.3 is 0 Å². The number of nitriles is 1. The van der Waals surface area contributed by atoms with E-state index in [-0.39, 0.29) is 0 Å². The van der Waals surface area contributed by atoms with E-state index in [1.807, 2.05) is 18.4 Å². The van der Waals surface area contributed by atoms with E-state index in [0.717, 1.165) is 35.0 Å². The predicted molar refractivity (Wildman–Crippen MR) is 86.1 cm³/mol. The molecule has 3 nitrogen and oxygen atoms in total. The normalized spacial score (nSPS) is 22.6.